The van der Waals surface area contributed by atoms with Gasteiger partial charge in [-0.05, 0) is 78.9 Å². The van der Waals surface area contributed by atoms with Crippen LogP contribution in [0.2, 0.25) is 0 Å². The zero-order valence-corrected chi connectivity index (χ0v) is 30.1. The lowest BCUT2D eigenvalue weighted by atomic mass is 9.94. The van der Waals surface area contributed by atoms with Gasteiger partial charge >= 0.3 is 11.8 Å². The molecule has 2 aliphatic heterocycles. The van der Waals surface area contributed by atoms with E-state index in [1.54, 1.807) is 32.5 Å². The molecule has 48 heavy (non-hydrogen) atoms. The van der Waals surface area contributed by atoms with Crippen LogP contribution in [0.25, 0.3) is 22.3 Å². The smallest absolute Gasteiger partial charge is 0.393 e. The number of hydrogen-bond acceptors (Lipinski definition) is 10. The van der Waals surface area contributed by atoms with Crippen molar-refractivity contribution >= 4 is 29.8 Å². The van der Waals surface area contributed by atoms with Gasteiger partial charge in [0.1, 0.15) is 36.0 Å². The molecular formula is C35H40N2O8PS2+. The average molecular weight is 712 g/mol. The van der Waals surface area contributed by atoms with Crippen molar-refractivity contribution in [2.24, 2.45) is 0 Å². The monoisotopic (exact) mass is 711 g/mol. The molecule has 2 fully saturated rings. The Morgan fingerprint density at radius 3 is 2.23 bits per heavy atom. The SMILES string of the molecule is COc1ccc(-c2ccc(COC[C@H]3O[C@H](n4cc(C)c(=O)[nH]c4=O)C[C@@H]3O[P+]3(S)OC(C)C(C)S3)c(-c3ccc(OC)cc3)c2)cc1. The Morgan fingerprint density at radius 2 is 1.60 bits per heavy atom. The molecule has 0 bridgehead atoms. The number of ether oxygens (including phenoxy) is 4. The van der Waals surface area contributed by atoms with Gasteiger partial charge in [-0.15, -0.1) is 0 Å². The molecule has 10 nitrogen and oxygen atoms in total. The molecule has 3 heterocycles. The highest BCUT2D eigenvalue weighted by Gasteiger charge is 2.57. The first-order chi connectivity index (χ1) is 23.1. The highest BCUT2D eigenvalue weighted by Crippen LogP contribution is 2.82. The second-order valence-corrected chi connectivity index (χ2v) is 18.7. The number of aryl methyl sites for hydroxylation is 1. The molecule has 2 saturated heterocycles. The van der Waals surface area contributed by atoms with E-state index in [-0.39, 0.29) is 18.0 Å². The normalized spacial score (nSPS) is 25.3. The Kier molecular flexibility index (Phi) is 10.7. The Labute approximate surface area is 289 Å². The van der Waals surface area contributed by atoms with Crippen molar-refractivity contribution in [3.63, 3.8) is 0 Å². The third-order valence-corrected chi connectivity index (χ3v) is 14.5. The summed E-state index contributed by atoms with van der Waals surface area (Å²) in [5.41, 5.74) is 4.62. The van der Waals surface area contributed by atoms with Crippen molar-refractivity contribution < 1.29 is 28.0 Å². The van der Waals surface area contributed by atoms with Gasteiger partial charge in [0.15, 0.2) is 0 Å². The van der Waals surface area contributed by atoms with Crippen LogP contribution in [-0.2, 0) is 25.1 Å². The number of nitrogens with one attached hydrogen (secondary N) is 1. The van der Waals surface area contributed by atoms with E-state index in [4.69, 9.17) is 40.2 Å². The highest BCUT2D eigenvalue weighted by atomic mass is 33.1. The Hall–Kier alpha value is -3.09. The summed E-state index contributed by atoms with van der Waals surface area (Å²) in [4.78, 5) is 27.2. The van der Waals surface area contributed by atoms with Gasteiger partial charge in [0.2, 0.25) is 0 Å². The number of methoxy groups -OCH3 is 2. The van der Waals surface area contributed by atoms with Crippen LogP contribution in [0.3, 0.4) is 0 Å². The minimum Gasteiger partial charge on any atom is -0.497 e. The summed E-state index contributed by atoms with van der Waals surface area (Å²) in [6.07, 6.45) is -2.29. The van der Waals surface area contributed by atoms with Crippen LogP contribution in [0, 0.1) is 6.92 Å². The Morgan fingerprint density at radius 1 is 0.958 bits per heavy atom. The minimum absolute atomic E-state index is 0.00428. The van der Waals surface area contributed by atoms with E-state index in [9.17, 15) is 9.59 Å². The molecular weight excluding hydrogens is 671 g/mol. The van der Waals surface area contributed by atoms with Crippen LogP contribution >= 0.6 is 29.8 Å². The number of hydrogen-bond donors (Lipinski definition) is 2. The number of benzene rings is 3. The molecule has 6 atom stereocenters. The summed E-state index contributed by atoms with van der Waals surface area (Å²) < 4.78 is 37.6. The maximum absolute atomic E-state index is 12.8. The van der Waals surface area contributed by atoms with E-state index in [1.807, 2.05) is 55.5 Å². The lowest BCUT2D eigenvalue weighted by molar-refractivity contribution is -0.0633. The van der Waals surface area contributed by atoms with Crippen molar-refractivity contribution in [2.75, 3.05) is 20.8 Å². The van der Waals surface area contributed by atoms with E-state index in [2.05, 4.69) is 30.1 Å². The van der Waals surface area contributed by atoms with Gasteiger partial charge in [0.25, 0.3) is 5.56 Å². The molecule has 0 saturated carbocycles. The van der Waals surface area contributed by atoms with Crippen LogP contribution in [0.15, 0.2) is 82.5 Å². The van der Waals surface area contributed by atoms with Crippen LogP contribution in [-0.4, -0.2) is 53.9 Å². The number of rotatable bonds is 11. The fraction of sp³-hybridized carbons (Fsp3) is 0.371. The first-order valence-electron chi connectivity index (χ1n) is 15.7. The first-order valence-corrected chi connectivity index (χ1v) is 20.0. The fourth-order valence-electron chi connectivity index (χ4n) is 5.76. The number of aromatic amines is 1. The number of thiol groups is 1. The van der Waals surface area contributed by atoms with Crippen molar-refractivity contribution in [2.45, 2.75) is 63.6 Å². The summed E-state index contributed by atoms with van der Waals surface area (Å²) in [7, 11) is 3.30. The number of aromatic nitrogens is 2. The zero-order valence-electron chi connectivity index (χ0n) is 27.5. The van der Waals surface area contributed by atoms with Gasteiger partial charge in [-0.1, -0.05) is 36.4 Å². The predicted octanol–water partition coefficient (Wildman–Crippen LogP) is 7.23. The molecule has 0 aliphatic carbocycles. The quantitative estimate of drug-likeness (QED) is 0.123. The average Bonchev–Trinajstić information content (AvgIpc) is 3.59. The maximum Gasteiger partial charge on any atom is 0.393 e. The standard InChI is InChI=1S/C35H39N2O8PS2/c1-21-18-37(35(39)36-34(21)38)33-17-31(45-46(47)44-22(2)23(3)48-46)32(43-33)20-42-19-27-7-6-26(24-8-12-28(40-4)13-9-24)16-30(27)25-10-14-29(41-5)15-11-25/h6-16,18,22-23,31-33,47H,17,19-20H2,1-5H3/p+1/t22?,23?,31-,32+,33-,46?/m0/s1. The summed E-state index contributed by atoms with van der Waals surface area (Å²) in [5.74, 6) is 1.57. The van der Waals surface area contributed by atoms with Crippen LogP contribution in [0.4, 0.5) is 0 Å². The molecule has 0 radical (unpaired) electrons. The van der Waals surface area contributed by atoms with Crippen molar-refractivity contribution in [3.8, 4) is 33.8 Å². The summed E-state index contributed by atoms with van der Waals surface area (Å²) >= 11 is 6.45. The van der Waals surface area contributed by atoms with Crippen molar-refractivity contribution in [3.05, 3.63) is 105 Å². The zero-order chi connectivity index (χ0) is 34.0. The number of nitrogens with zero attached hydrogens (tertiary/aromatic N) is 1. The Balaban J connectivity index is 1.24. The second-order valence-electron chi connectivity index (χ2n) is 11.9. The fourth-order valence-corrected chi connectivity index (χ4v) is 12.8. The molecule has 254 valence electrons. The van der Waals surface area contributed by atoms with Crippen molar-refractivity contribution in [1.82, 2.24) is 9.55 Å². The highest BCUT2D eigenvalue weighted by molar-refractivity contribution is 8.87. The first kappa shape index (κ1) is 34.8. The van der Waals surface area contributed by atoms with Gasteiger partial charge in [0, 0.05) is 18.2 Å². The lowest BCUT2D eigenvalue weighted by Crippen LogP contribution is -2.33. The topological polar surface area (TPSA) is 110 Å². The van der Waals surface area contributed by atoms with E-state index >= 15 is 0 Å². The number of H-pyrrole nitrogens is 1. The van der Waals surface area contributed by atoms with Gasteiger partial charge in [-0.25, -0.2) is 4.79 Å². The molecule has 6 rings (SSSR count). The molecule has 0 amide bonds. The molecule has 1 N–H and O–H groups in total. The van der Waals surface area contributed by atoms with E-state index < -0.39 is 35.8 Å². The molecule has 1 aromatic heterocycles. The molecule has 13 heteroatoms. The third-order valence-electron chi connectivity index (χ3n) is 8.64. The van der Waals surface area contributed by atoms with Gasteiger partial charge in [-0.2, -0.15) is 9.05 Å². The Bertz CT molecular complexity index is 1840. The molecule has 3 unspecified atom stereocenters. The van der Waals surface area contributed by atoms with Crippen LogP contribution in [0.1, 0.15) is 37.6 Å². The maximum atomic E-state index is 12.8. The summed E-state index contributed by atoms with van der Waals surface area (Å²) in [6, 6.07) is 22.2. The minimum atomic E-state index is -2.54. The molecule has 4 aromatic rings. The summed E-state index contributed by atoms with van der Waals surface area (Å²) in [5, 5.41) is 0.227. The largest absolute Gasteiger partial charge is 0.497 e. The summed E-state index contributed by atoms with van der Waals surface area (Å²) in [6.45, 7) is 6.26. The van der Waals surface area contributed by atoms with Crippen molar-refractivity contribution in [1.29, 1.82) is 0 Å². The second kappa shape index (κ2) is 14.8. The predicted molar refractivity (Wildman–Crippen MR) is 193 cm³/mol. The van der Waals surface area contributed by atoms with Crippen LogP contribution < -0.4 is 20.7 Å². The van der Waals surface area contributed by atoms with Gasteiger partial charge < -0.3 is 18.9 Å². The van der Waals surface area contributed by atoms with E-state index in [1.165, 1.54) is 10.8 Å². The molecule has 3 aromatic carbocycles. The van der Waals surface area contributed by atoms with Crippen LogP contribution in [0.5, 0.6) is 11.5 Å². The molecule has 0 spiro atoms. The van der Waals surface area contributed by atoms with E-state index in [0.29, 0.717) is 18.6 Å². The van der Waals surface area contributed by atoms with Gasteiger partial charge in [-0.3, -0.25) is 14.3 Å². The van der Waals surface area contributed by atoms with Gasteiger partial charge in [0.05, 0.1) is 56.3 Å². The lowest BCUT2D eigenvalue weighted by Gasteiger charge is -2.21. The molecule has 2 aliphatic rings. The van der Waals surface area contributed by atoms with E-state index in [0.717, 1.165) is 39.3 Å². The third kappa shape index (κ3) is 7.70.